The van der Waals surface area contributed by atoms with Gasteiger partial charge < -0.3 is 24.9 Å². The Morgan fingerprint density at radius 1 is 1.02 bits per heavy atom. The first-order chi connectivity index (χ1) is 22.4. The summed E-state index contributed by atoms with van der Waals surface area (Å²) in [4.78, 5) is 66.7. The van der Waals surface area contributed by atoms with Crippen molar-refractivity contribution in [1.82, 2.24) is 10.3 Å². The molecule has 3 N–H and O–H groups in total. The average molecular weight is 647 g/mol. The highest BCUT2D eigenvalue weighted by molar-refractivity contribution is 5.93. The Kier molecular flexibility index (Phi) is 8.93. The average Bonchev–Trinajstić information content (AvgIpc) is 3.60. The fourth-order valence-corrected chi connectivity index (χ4v) is 9.71. The molecule has 1 heterocycles. The summed E-state index contributed by atoms with van der Waals surface area (Å²) in [6.07, 6.45) is 9.31. The lowest BCUT2D eigenvalue weighted by molar-refractivity contribution is -0.170. The van der Waals surface area contributed by atoms with E-state index in [2.05, 4.69) is 17.2 Å². The summed E-state index contributed by atoms with van der Waals surface area (Å²) >= 11 is 0. The van der Waals surface area contributed by atoms with Crippen LogP contribution < -0.4 is 5.32 Å². The molecule has 0 saturated heterocycles. The summed E-state index contributed by atoms with van der Waals surface area (Å²) in [7, 11) is 1.25. The Bertz CT molecular complexity index is 1630. The summed E-state index contributed by atoms with van der Waals surface area (Å²) in [5.74, 6) is -1.14. The molecule has 1 aromatic heterocycles. The van der Waals surface area contributed by atoms with E-state index in [0.717, 1.165) is 48.6 Å². The van der Waals surface area contributed by atoms with Crippen LogP contribution in [0.1, 0.15) is 83.6 Å². The van der Waals surface area contributed by atoms with E-state index in [9.17, 15) is 29.1 Å². The zero-order chi connectivity index (χ0) is 33.6. The number of aromatic amines is 1. The van der Waals surface area contributed by atoms with Crippen LogP contribution >= 0.6 is 0 Å². The van der Waals surface area contributed by atoms with Crippen LogP contribution in [0.25, 0.3) is 10.9 Å². The predicted molar refractivity (Wildman–Crippen MR) is 173 cm³/mol. The standard InChI is InChI=1S/C37H46N2O8/c1-35-15-12-24(40)19-23(35)8-9-26-27(35)13-16-36(2)28(26)14-17-37(36,45)31(41)21-47-33(43)11-10-32(42)39-30(34(44)46-3)18-22-20-38-29-7-5-4-6-25(22)29/h4-7,19-20,26-28,30,38,45H,8-18,21H2,1-3H3,(H,39,42)/t26-,27+,28-,30+,35+,36+,37+/m1/s1. The van der Waals surface area contributed by atoms with E-state index in [1.54, 1.807) is 6.20 Å². The van der Waals surface area contributed by atoms with Gasteiger partial charge in [0.05, 0.1) is 13.5 Å². The van der Waals surface area contributed by atoms with Gasteiger partial charge in [0.1, 0.15) is 11.6 Å². The maximum atomic E-state index is 13.5. The number of allylic oxidation sites excluding steroid dienone is 1. The first-order valence-electron chi connectivity index (χ1n) is 17.0. The second kappa shape index (κ2) is 12.7. The van der Waals surface area contributed by atoms with E-state index in [1.165, 1.54) is 12.7 Å². The number of carbonyl (C=O) groups is 5. The third-order valence-electron chi connectivity index (χ3n) is 12.4. The molecular formula is C37H46N2O8. The number of esters is 2. The van der Waals surface area contributed by atoms with E-state index in [4.69, 9.17) is 9.47 Å². The van der Waals surface area contributed by atoms with Crippen molar-refractivity contribution in [3.63, 3.8) is 0 Å². The molecule has 10 nitrogen and oxygen atoms in total. The number of hydrogen-bond donors (Lipinski definition) is 3. The molecule has 0 unspecified atom stereocenters. The number of aromatic nitrogens is 1. The molecule has 2 aromatic rings. The Morgan fingerprint density at radius 2 is 1.79 bits per heavy atom. The highest BCUT2D eigenvalue weighted by atomic mass is 16.5. The first-order valence-corrected chi connectivity index (χ1v) is 17.0. The van der Waals surface area contributed by atoms with Gasteiger partial charge in [-0.2, -0.15) is 0 Å². The maximum absolute atomic E-state index is 13.5. The number of rotatable bonds is 10. The fraction of sp³-hybridized carbons (Fsp3) is 0.595. The van der Waals surface area contributed by atoms with Crippen molar-refractivity contribution in [2.75, 3.05) is 13.7 Å². The van der Waals surface area contributed by atoms with Gasteiger partial charge in [0.2, 0.25) is 11.7 Å². The molecule has 0 bridgehead atoms. The summed E-state index contributed by atoms with van der Waals surface area (Å²) in [6, 6.07) is 6.68. The molecular weight excluding hydrogens is 600 g/mol. The van der Waals surface area contributed by atoms with Crippen LogP contribution in [0.4, 0.5) is 0 Å². The SMILES string of the molecule is COC(=O)[C@H](Cc1c[nH]c2ccccc12)NC(=O)CCC(=O)OCC(=O)[C@@]1(O)CC[C@@H]2[C@@H]3CCC4=CC(=O)CC[C@]4(C)[C@H]3CC[C@@]21C. The van der Waals surface area contributed by atoms with Crippen molar-refractivity contribution in [2.24, 2.45) is 28.6 Å². The fourth-order valence-electron chi connectivity index (χ4n) is 9.71. The number of carbonyl (C=O) groups excluding carboxylic acids is 5. The van der Waals surface area contributed by atoms with Crippen LogP contribution in [-0.2, 0) is 39.9 Å². The van der Waals surface area contributed by atoms with Gasteiger partial charge in [-0.15, -0.1) is 0 Å². The molecule has 0 aliphatic heterocycles. The number of nitrogens with one attached hydrogen (secondary N) is 2. The van der Waals surface area contributed by atoms with Gasteiger partial charge in [-0.25, -0.2) is 4.79 Å². The van der Waals surface area contributed by atoms with Gasteiger partial charge in [-0.05, 0) is 85.8 Å². The Hall–Kier alpha value is -3.79. The lowest BCUT2D eigenvalue weighted by Gasteiger charge is -2.58. The molecule has 7 atom stereocenters. The zero-order valence-corrected chi connectivity index (χ0v) is 27.6. The number of H-pyrrole nitrogens is 1. The molecule has 1 aromatic carbocycles. The second-order valence-corrected chi connectivity index (χ2v) is 14.6. The molecule has 6 rings (SSSR count). The van der Waals surface area contributed by atoms with Gasteiger partial charge in [0.15, 0.2) is 12.4 Å². The number of amides is 1. The van der Waals surface area contributed by atoms with Crippen LogP contribution in [-0.4, -0.2) is 64.9 Å². The maximum Gasteiger partial charge on any atom is 0.328 e. The van der Waals surface area contributed by atoms with Gasteiger partial charge in [0, 0.05) is 41.8 Å². The highest BCUT2D eigenvalue weighted by Gasteiger charge is 2.66. The first kappa shape index (κ1) is 33.1. The third-order valence-corrected chi connectivity index (χ3v) is 12.4. The largest absolute Gasteiger partial charge is 0.467 e. The van der Waals surface area contributed by atoms with E-state index >= 15 is 0 Å². The number of benzene rings is 1. The van der Waals surface area contributed by atoms with Crippen molar-refractivity contribution in [3.05, 3.63) is 47.7 Å². The van der Waals surface area contributed by atoms with Crippen LogP contribution in [0, 0.1) is 28.6 Å². The zero-order valence-electron chi connectivity index (χ0n) is 27.6. The molecule has 3 fully saturated rings. The van der Waals surface area contributed by atoms with Gasteiger partial charge in [0.25, 0.3) is 0 Å². The second-order valence-electron chi connectivity index (χ2n) is 14.6. The van der Waals surface area contributed by atoms with Crippen LogP contribution in [0.5, 0.6) is 0 Å². The Labute approximate surface area is 275 Å². The number of ketones is 2. The number of fused-ring (bicyclic) bond motifs is 6. The summed E-state index contributed by atoms with van der Waals surface area (Å²) in [5, 5.41) is 15.5. The molecule has 252 valence electrons. The molecule has 4 aliphatic carbocycles. The highest BCUT2D eigenvalue weighted by Crippen LogP contribution is 2.67. The molecule has 1 amide bonds. The molecule has 47 heavy (non-hydrogen) atoms. The minimum atomic E-state index is -1.59. The monoisotopic (exact) mass is 646 g/mol. The van der Waals surface area contributed by atoms with Crippen LogP contribution in [0.15, 0.2) is 42.1 Å². The number of ether oxygens (including phenoxy) is 2. The number of methoxy groups -OCH3 is 1. The molecule has 10 heteroatoms. The van der Waals surface area contributed by atoms with Crippen molar-refractivity contribution in [2.45, 2.75) is 96.1 Å². The minimum Gasteiger partial charge on any atom is -0.467 e. The molecule has 4 aliphatic rings. The summed E-state index contributed by atoms with van der Waals surface area (Å²) in [5.41, 5.74) is 0.819. The van der Waals surface area contributed by atoms with E-state index in [1.807, 2.05) is 37.3 Å². The molecule has 0 radical (unpaired) electrons. The number of hydrogen-bond acceptors (Lipinski definition) is 8. The number of para-hydroxylation sites is 1. The van der Waals surface area contributed by atoms with Crippen LogP contribution in [0.2, 0.25) is 0 Å². The van der Waals surface area contributed by atoms with Gasteiger partial charge in [-0.1, -0.05) is 37.6 Å². The number of aliphatic hydroxyl groups is 1. The summed E-state index contributed by atoms with van der Waals surface area (Å²) in [6.45, 7) is 3.78. The van der Waals surface area contributed by atoms with Crippen LogP contribution in [0.3, 0.4) is 0 Å². The topological polar surface area (TPSA) is 152 Å². The van der Waals surface area contributed by atoms with Gasteiger partial charge in [-0.3, -0.25) is 19.2 Å². The van der Waals surface area contributed by atoms with Gasteiger partial charge >= 0.3 is 11.9 Å². The smallest absolute Gasteiger partial charge is 0.328 e. The lowest BCUT2D eigenvalue weighted by atomic mass is 9.46. The summed E-state index contributed by atoms with van der Waals surface area (Å²) < 4.78 is 10.2. The molecule has 0 spiro atoms. The van der Waals surface area contributed by atoms with E-state index < -0.39 is 47.3 Å². The molecule has 3 saturated carbocycles. The van der Waals surface area contributed by atoms with Crippen molar-refractivity contribution in [1.29, 1.82) is 0 Å². The number of Topliss-reactive ketones (excluding diaryl/α,β-unsaturated/α-hetero) is 1. The quantitative estimate of drug-likeness (QED) is 0.319. The Balaban J connectivity index is 1.02. The lowest BCUT2D eigenvalue weighted by Crippen LogP contribution is -2.58. The minimum absolute atomic E-state index is 0.00200. The van der Waals surface area contributed by atoms with Crippen molar-refractivity contribution < 1.29 is 38.6 Å². The van der Waals surface area contributed by atoms with Crippen molar-refractivity contribution >= 4 is 40.3 Å². The normalized spacial score (nSPS) is 32.0. The Morgan fingerprint density at radius 3 is 2.57 bits per heavy atom. The third kappa shape index (κ3) is 5.83. The predicted octanol–water partition coefficient (Wildman–Crippen LogP) is 4.52. The van der Waals surface area contributed by atoms with Crippen molar-refractivity contribution in [3.8, 4) is 0 Å². The van der Waals surface area contributed by atoms with E-state index in [0.29, 0.717) is 31.1 Å². The van der Waals surface area contributed by atoms with E-state index in [-0.39, 0.29) is 36.4 Å².